The topological polar surface area (TPSA) is 102 Å². The number of ether oxygens (including phenoxy) is 2. The van der Waals surface area contributed by atoms with E-state index in [1.165, 1.54) is 19.3 Å². The quantitative estimate of drug-likeness (QED) is 0.504. The van der Waals surface area contributed by atoms with Crippen molar-refractivity contribution in [3.05, 3.63) is 35.9 Å². The first kappa shape index (κ1) is 25.5. The lowest BCUT2D eigenvalue weighted by molar-refractivity contribution is -0.178. The first-order valence-electron chi connectivity index (χ1n) is 12.9. The number of benzene rings is 1. The van der Waals surface area contributed by atoms with Crippen LogP contribution >= 0.6 is 0 Å². The van der Waals surface area contributed by atoms with Crippen molar-refractivity contribution in [2.45, 2.75) is 90.4 Å². The van der Waals surface area contributed by atoms with Gasteiger partial charge in [0, 0.05) is 6.42 Å². The van der Waals surface area contributed by atoms with Gasteiger partial charge in [0.2, 0.25) is 0 Å². The number of aliphatic carboxylic acids is 1. The van der Waals surface area contributed by atoms with Crippen LogP contribution in [0.15, 0.2) is 30.3 Å². The van der Waals surface area contributed by atoms with Crippen molar-refractivity contribution in [3.8, 4) is 0 Å². The summed E-state index contributed by atoms with van der Waals surface area (Å²) in [6, 6.07) is 8.36. The second-order valence-corrected chi connectivity index (χ2v) is 12.1. The van der Waals surface area contributed by atoms with Gasteiger partial charge in [0.05, 0.1) is 5.92 Å². The molecule has 0 aromatic heterocycles. The minimum absolute atomic E-state index is 0.223. The summed E-state index contributed by atoms with van der Waals surface area (Å²) in [6.45, 7) is 6.95. The summed E-state index contributed by atoms with van der Waals surface area (Å²) in [4.78, 5) is 38.4. The summed E-state index contributed by atoms with van der Waals surface area (Å²) in [5.74, 6) is -0.518. The van der Waals surface area contributed by atoms with Crippen molar-refractivity contribution >= 4 is 18.0 Å². The van der Waals surface area contributed by atoms with Crippen LogP contribution in [-0.2, 0) is 25.5 Å². The summed E-state index contributed by atoms with van der Waals surface area (Å²) >= 11 is 0. The van der Waals surface area contributed by atoms with E-state index in [9.17, 15) is 19.5 Å². The Labute approximate surface area is 207 Å². The second kappa shape index (κ2) is 9.82. The van der Waals surface area contributed by atoms with Gasteiger partial charge in [-0.2, -0.15) is 0 Å². The fourth-order valence-corrected chi connectivity index (χ4v) is 7.35. The molecule has 0 spiro atoms. The predicted molar refractivity (Wildman–Crippen MR) is 131 cm³/mol. The van der Waals surface area contributed by atoms with E-state index in [1.807, 2.05) is 30.3 Å². The highest BCUT2D eigenvalue weighted by atomic mass is 16.6. The minimum atomic E-state index is -0.986. The smallest absolute Gasteiger partial charge is 0.408 e. The molecule has 0 unspecified atom stereocenters. The van der Waals surface area contributed by atoms with E-state index in [0.717, 1.165) is 24.8 Å². The van der Waals surface area contributed by atoms with E-state index < -0.39 is 41.7 Å². The molecule has 1 aromatic rings. The maximum Gasteiger partial charge on any atom is 0.408 e. The molecule has 1 amide bonds. The van der Waals surface area contributed by atoms with E-state index in [-0.39, 0.29) is 11.8 Å². The molecular weight excluding hydrogens is 446 g/mol. The first-order valence-corrected chi connectivity index (χ1v) is 12.9. The summed E-state index contributed by atoms with van der Waals surface area (Å²) in [7, 11) is 0. The minimum Gasteiger partial charge on any atom is -0.481 e. The summed E-state index contributed by atoms with van der Waals surface area (Å²) in [5.41, 5.74) is -0.173. The highest BCUT2D eigenvalue weighted by molar-refractivity contribution is 5.82. The van der Waals surface area contributed by atoms with Crippen molar-refractivity contribution in [2.24, 2.45) is 29.1 Å². The fourth-order valence-electron chi connectivity index (χ4n) is 7.35. The fraction of sp³-hybridized carbons (Fsp3) is 0.679. The second-order valence-electron chi connectivity index (χ2n) is 12.1. The number of alkyl carbamates (subject to hydrolysis) is 1. The Kier molecular flexibility index (Phi) is 7.16. The van der Waals surface area contributed by atoms with Crippen LogP contribution in [0.3, 0.4) is 0 Å². The number of nitrogens with one attached hydrogen (secondary N) is 1. The number of esters is 1. The molecule has 3 atom stereocenters. The largest absolute Gasteiger partial charge is 0.481 e. The molecule has 7 nitrogen and oxygen atoms in total. The number of carboxylic acids is 1. The number of carboxylic acid groups (broad SMARTS) is 1. The molecule has 7 heteroatoms. The monoisotopic (exact) mass is 485 g/mol. The molecule has 0 radical (unpaired) electrons. The van der Waals surface area contributed by atoms with Crippen LogP contribution in [0.5, 0.6) is 0 Å². The third-order valence-corrected chi connectivity index (χ3v) is 8.04. The average Bonchev–Trinajstić information content (AvgIpc) is 2.71. The zero-order valence-electron chi connectivity index (χ0n) is 21.3. The van der Waals surface area contributed by atoms with E-state index in [1.54, 1.807) is 27.7 Å². The molecule has 5 rings (SSSR count). The van der Waals surface area contributed by atoms with Crippen LogP contribution < -0.4 is 5.32 Å². The molecule has 4 saturated carbocycles. The standard InChI is InChI=1S/C28H39NO6/c1-17(23(24(30)31)28-14-19-10-20(15-28)12-21(11-19)16-28)34-25(32)22(13-18-8-6-5-7-9-18)29-26(33)35-27(2,3)4/h5-9,17,19-23H,10-16H2,1-4H3,(H,29,33)(H,30,31)/t17-,19?,20?,21?,22-,23-,28?/m1/s1. The molecule has 35 heavy (non-hydrogen) atoms. The number of hydrogen-bond acceptors (Lipinski definition) is 5. The van der Waals surface area contributed by atoms with Crippen LogP contribution in [0.1, 0.15) is 71.8 Å². The van der Waals surface area contributed by atoms with Crippen molar-refractivity contribution < 1.29 is 29.0 Å². The van der Waals surface area contributed by atoms with Crippen LogP contribution in [0.25, 0.3) is 0 Å². The Hall–Kier alpha value is -2.57. The van der Waals surface area contributed by atoms with Crippen LogP contribution in [0.2, 0.25) is 0 Å². The van der Waals surface area contributed by atoms with Gasteiger partial charge in [-0.05, 0) is 95.0 Å². The Balaban J connectivity index is 1.50. The van der Waals surface area contributed by atoms with Gasteiger partial charge in [0.15, 0.2) is 0 Å². The van der Waals surface area contributed by atoms with Gasteiger partial charge in [0.25, 0.3) is 0 Å². The first-order chi connectivity index (χ1) is 16.4. The molecular formula is C28H39NO6. The number of carbonyl (C=O) groups excluding carboxylic acids is 2. The molecule has 4 aliphatic carbocycles. The van der Waals surface area contributed by atoms with Crippen molar-refractivity contribution in [1.82, 2.24) is 5.32 Å². The molecule has 2 N–H and O–H groups in total. The molecule has 192 valence electrons. The van der Waals surface area contributed by atoms with E-state index in [0.29, 0.717) is 17.8 Å². The number of carbonyl (C=O) groups is 3. The van der Waals surface area contributed by atoms with E-state index in [4.69, 9.17) is 9.47 Å². The van der Waals surface area contributed by atoms with Gasteiger partial charge in [-0.15, -0.1) is 0 Å². The lowest BCUT2D eigenvalue weighted by Crippen LogP contribution is -2.55. The third-order valence-electron chi connectivity index (χ3n) is 8.04. The van der Waals surface area contributed by atoms with Crippen molar-refractivity contribution in [2.75, 3.05) is 0 Å². The molecule has 1 aromatic carbocycles. The van der Waals surface area contributed by atoms with Gasteiger partial charge < -0.3 is 19.9 Å². The van der Waals surface area contributed by atoms with Crippen molar-refractivity contribution in [3.63, 3.8) is 0 Å². The Morgan fingerprint density at radius 1 is 1.03 bits per heavy atom. The van der Waals surface area contributed by atoms with Gasteiger partial charge in [-0.25, -0.2) is 9.59 Å². The average molecular weight is 486 g/mol. The molecule has 0 heterocycles. The van der Waals surface area contributed by atoms with E-state index in [2.05, 4.69) is 5.32 Å². The molecule has 4 bridgehead atoms. The molecule has 0 aliphatic heterocycles. The number of hydrogen-bond donors (Lipinski definition) is 2. The lowest BCUT2D eigenvalue weighted by Gasteiger charge is -2.59. The number of rotatable bonds is 8. The lowest BCUT2D eigenvalue weighted by atomic mass is 9.46. The van der Waals surface area contributed by atoms with Crippen molar-refractivity contribution in [1.29, 1.82) is 0 Å². The molecule has 0 saturated heterocycles. The van der Waals surface area contributed by atoms with Gasteiger partial charge >= 0.3 is 18.0 Å². The van der Waals surface area contributed by atoms with E-state index >= 15 is 0 Å². The van der Waals surface area contributed by atoms with Crippen LogP contribution in [0, 0.1) is 29.1 Å². The summed E-state index contributed by atoms with van der Waals surface area (Å²) in [5, 5.41) is 12.9. The van der Waals surface area contributed by atoms with Crippen LogP contribution in [-0.4, -0.2) is 40.9 Å². The molecule has 4 aliphatic rings. The van der Waals surface area contributed by atoms with Gasteiger partial charge in [-0.3, -0.25) is 4.79 Å². The van der Waals surface area contributed by atoms with Gasteiger partial charge in [-0.1, -0.05) is 30.3 Å². The highest BCUT2D eigenvalue weighted by Crippen LogP contribution is 2.63. The third kappa shape index (κ3) is 5.99. The summed E-state index contributed by atoms with van der Waals surface area (Å²) in [6.07, 6.45) is 5.05. The maximum atomic E-state index is 13.3. The number of amides is 1. The molecule has 4 fully saturated rings. The SMILES string of the molecule is C[C@@H](OC(=O)[C@@H](Cc1ccccc1)NC(=O)OC(C)(C)C)[C@H](C(=O)O)C12CC3CC(CC(C3)C1)C2. The summed E-state index contributed by atoms with van der Waals surface area (Å²) < 4.78 is 11.2. The normalized spacial score (nSPS) is 29.7. The highest BCUT2D eigenvalue weighted by Gasteiger charge is 2.58. The predicted octanol–water partition coefficient (Wildman–Crippen LogP) is 4.97. The Morgan fingerprint density at radius 2 is 1.57 bits per heavy atom. The zero-order chi connectivity index (χ0) is 25.4. The van der Waals surface area contributed by atoms with Crippen LogP contribution in [0.4, 0.5) is 4.79 Å². The maximum absolute atomic E-state index is 13.3. The van der Waals surface area contributed by atoms with Gasteiger partial charge in [0.1, 0.15) is 17.7 Å². The zero-order valence-corrected chi connectivity index (χ0v) is 21.3. The Morgan fingerprint density at radius 3 is 2.06 bits per heavy atom. The Bertz CT molecular complexity index is 901.